The first-order chi connectivity index (χ1) is 1.41. The van der Waals surface area contributed by atoms with Crippen LogP contribution >= 0.6 is 12.5 Å². The summed E-state index contributed by atoms with van der Waals surface area (Å²) in [7, 11) is 0. The van der Waals surface area contributed by atoms with Crippen LogP contribution in [0.15, 0.2) is 0 Å². The Morgan fingerprint density at radius 3 is 1.25 bits per heavy atom. The molecular weight excluding hydrogens is 77.0 g/mol. The van der Waals surface area contributed by atoms with E-state index < -0.39 is 12.5 Å². The molecule has 0 aliphatic carbocycles. The van der Waals surface area contributed by atoms with Crippen molar-refractivity contribution >= 4 is 31.4 Å². The fraction of sp³-hybridized carbons (Fsp3) is 0. The van der Waals surface area contributed by atoms with Gasteiger partial charge in [0.2, 0.25) is 0 Å². The summed E-state index contributed by atoms with van der Waals surface area (Å²) in [5, 5.41) is 0. The van der Waals surface area contributed by atoms with Crippen molar-refractivity contribution in [1.29, 1.82) is 0 Å². The molecule has 0 aliphatic heterocycles. The van der Waals surface area contributed by atoms with Crippen molar-refractivity contribution in [3.05, 3.63) is 0 Å². The van der Waals surface area contributed by atoms with Gasteiger partial charge in [0.05, 0.1) is 0 Å². The first-order valence-electron chi connectivity index (χ1n) is 0.309. The molecule has 0 N–H and O–H groups in total. The third-order valence-electron chi connectivity index (χ3n) is 0. The SMILES string of the molecule is FSF.[Li]. The summed E-state index contributed by atoms with van der Waals surface area (Å²) < 4.78 is 19.1. The van der Waals surface area contributed by atoms with Crippen LogP contribution in [-0.2, 0) is 0 Å². The molecule has 0 aromatic carbocycles. The first kappa shape index (κ1) is 8.84. The molecule has 0 fully saturated rings. The van der Waals surface area contributed by atoms with Crippen LogP contribution in [0.2, 0.25) is 0 Å². The standard InChI is InChI=1S/F2S.Li/c1-3-2;. The van der Waals surface area contributed by atoms with E-state index in [9.17, 15) is 7.77 Å². The molecule has 21 valence electrons. The Hall–Kier alpha value is 0.807. The second-order valence-corrected chi connectivity index (χ2v) is 0.175. The van der Waals surface area contributed by atoms with E-state index in [1.807, 2.05) is 0 Å². The Balaban J connectivity index is 0. The van der Waals surface area contributed by atoms with Crippen LogP contribution < -0.4 is 0 Å². The van der Waals surface area contributed by atoms with Crippen LogP contribution in [0.25, 0.3) is 0 Å². The van der Waals surface area contributed by atoms with Gasteiger partial charge in [0.1, 0.15) is 0 Å². The fourth-order valence-electron chi connectivity index (χ4n) is 0. The van der Waals surface area contributed by atoms with E-state index in [1.54, 1.807) is 0 Å². The average Bonchev–Trinajstić information content (AvgIpc) is 0.918. The van der Waals surface area contributed by atoms with E-state index >= 15 is 0 Å². The Labute approximate surface area is 39.7 Å². The Bertz CT molecular complexity index is 6.00. The van der Waals surface area contributed by atoms with Crippen molar-refractivity contribution in [3.8, 4) is 0 Å². The molecule has 4 heavy (non-hydrogen) atoms. The van der Waals surface area contributed by atoms with Crippen LogP contribution in [0.5, 0.6) is 0 Å². The average molecular weight is 77.0 g/mol. The normalized spacial score (nSPS) is 4.50. The third-order valence-corrected chi connectivity index (χ3v) is 0. The van der Waals surface area contributed by atoms with Crippen LogP contribution in [0.4, 0.5) is 7.77 Å². The third kappa shape index (κ3) is 14.1. The summed E-state index contributed by atoms with van der Waals surface area (Å²) in [6.45, 7) is 0. The zero-order valence-electron chi connectivity index (χ0n) is 2.16. The predicted octanol–water partition coefficient (Wildman–Crippen LogP) is 1.11. The smallest absolute Gasteiger partial charge is 0.127 e. The molecule has 0 saturated carbocycles. The van der Waals surface area contributed by atoms with Crippen LogP contribution in [-0.4, -0.2) is 18.9 Å². The van der Waals surface area contributed by atoms with Gasteiger partial charge in [0.15, 0.2) is 0 Å². The minimum Gasteiger partial charge on any atom is -0.127 e. The van der Waals surface area contributed by atoms with Gasteiger partial charge in [0.25, 0.3) is 12.5 Å². The molecule has 0 atom stereocenters. The molecule has 0 aliphatic rings. The molecule has 0 heterocycles. The minimum absolute atomic E-state index is 0. The number of hydrogen-bond donors (Lipinski definition) is 0. The van der Waals surface area contributed by atoms with Crippen molar-refractivity contribution in [3.63, 3.8) is 0 Å². The monoisotopic (exact) mass is 77.0 g/mol. The molecule has 0 unspecified atom stereocenters. The number of halogens is 2. The van der Waals surface area contributed by atoms with Crippen LogP contribution in [0, 0.1) is 0 Å². The molecule has 1 radical (unpaired) electrons. The molecule has 0 rings (SSSR count). The van der Waals surface area contributed by atoms with Crippen molar-refractivity contribution in [1.82, 2.24) is 0 Å². The van der Waals surface area contributed by atoms with Gasteiger partial charge < -0.3 is 0 Å². The molecule has 0 amide bonds. The maximum atomic E-state index is 9.54. The van der Waals surface area contributed by atoms with Gasteiger partial charge in [-0.3, -0.25) is 0 Å². The van der Waals surface area contributed by atoms with Crippen LogP contribution in [0.1, 0.15) is 0 Å². The Kier molecular flexibility index (Phi) is 20.3. The molecule has 0 aromatic heterocycles. The molecule has 4 heteroatoms. The second kappa shape index (κ2) is 9.19. The van der Waals surface area contributed by atoms with E-state index in [4.69, 9.17) is 0 Å². The fourth-order valence-corrected chi connectivity index (χ4v) is 0. The summed E-state index contributed by atoms with van der Waals surface area (Å²) in [6, 6.07) is 0. The van der Waals surface area contributed by atoms with Crippen LogP contribution in [0.3, 0.4) is 0 Å². The van der Waals surface area contributed by atoms with Crippen molar-refractivity contribution in [2.24, 2.45) is 0 Å². The predicted molar refractivity (Wildman–Crippen MR) is 15.6 cm³/mol. The van der Waals surface area contributed by atoms with E-state index in [0.29, 0.717) is 0 Å². The molecule has 0 saturated heterocycles. The quantitative estimate of drug-likeness (QED) is 0.390. The van der Waals surface area contributed by atoms with Gasteiger partial charge >= 0.3 is 0 Å². The molecule has 0 nitrogen and oxygen atoms in total. The first-order valence-corrected chi connectivity index (χ1v) is 0.926. The molecule has 0 aromatic rings. The summed E-state index contributed by atoms with van der Waals surface area (Å²) in [6.07, 6.45) is 0. The maximum Gasteiger partial charge on any atom is 0.255 e. The topological polar surface area (TPSA) is 0 Å². The second-order valence-electron chi connectivity index (χ2n) is 0.0583. The van der Waals surface area contributed by atoms with E-state index in [2.05, 4.69) is 0 Å². The van der Waals surface area contributed by atoms with Gasteiger partial charge in [0, 0.05) is 18.9 Å². The van der Waals surface area contributed by atoms with E-state index in [1.165, 1.54) is 0 Å². The van der Waals surface area contributed by atoms with Gasteiger partial charge in [-0.15, -0.1) is 7.77 Å². The minimum atomic E-state index is -1.25. The summed E-state index contributed by atoms with van der Waals surface area (Å²) >= 11 is -1.25. The van der Waals surface area contributed by atoms with Gasteiger partial charge in [-0.1, -0.05) is 0 Å². The molecule has 0 bridgehead atoms. The van der Waals surface area contributed by atoms with Gasteiger partial charge in [-0.05, 0) is 0 Å². The number of rotatable bonds is 0. The largest absolute Gasteiger partial charge is 0.255 e. The maximum absolute atomic E-state index is 9.54. The van der Waals surface area contributed by atoms with E-state index in [-0.39, 0.29) is 18.9 Å². The number of hydrogen-bond acceptors (Lipinski definition) is 1. The van der Waals surface area contributed by atoms with Gasteiger partial charge in [-0.2, -0.15) is 0 Å². The summed E-state index contributed by atoms with van der Waals surface area (Å²) in [4.78, 5) is 0. The Morgan fingerprint density at radius 2 is 1.25 bits per heavy atom. The van der Waals surface area contributed by atoms with Gasteiger partial charge in [-0.25, -0.2) is 0 Å². The van der Waals surface area contributed by atoms with E-state index in [0.717, 1.165) is 0 Å². The summed E-state index contributed by atoms with van der Waals surface area (Å²) in [5.41, 5.74) is 0. The zero-order valence-corrected chi connectivity index (χ0v) is 2.98. The van der Waals surface area contributed by atoms with Crippen molar-refractivity contribution < 1.29 is 7.77 Å². The zero-order chi connectivity index (χ0) is 2.71. The summed E-state index contributed by atoms with van der Waals surface area (Å²) in [5.74, 6) is 0. The molecule has 0 spiro atoms. The molecular formula is F2LiS. The Morgan fingerprint density at radius 1 is 1.25 bits per heavy atom. The van der Waals surface area contributed by atoms with Crippen molar-refractivity contribution in [2.75, 3.05) is 0 Å². The van der Waals surface area contributed by atoms with Crippen molar-refractivity contribution in [2.45, 2.75) is 0 Å².